The van der Waals surface area contributed by atoms with E-state index in [0.717, 1.165) is 35.8 Å². The normalized spacial score (nSPS) is 24.6. The zero-order valence-electron chi connectivity index (χ0n) is 9.73. The minimum absolute atomic E-state index is 0.143. The summed E-state index contributed by atoms with van der Waals surface area (Å²) < 4.78 is 0.938. The smallest absolute Gasteiger partial charge is 0.141 e. The van der Waals surface area contributed by atoms with Crippen LogP contribution in [0.4, 0.5) is 0 Å². The number of rotatable bonds is 3. The quantitative estimate of drug-likeness (QED) is 0.932. The van der Waals surface area contributed by atoms with Crippen molar-refractivity contribution in [3.05, 3.63) is 28.5 Å². The van der Waals surface area contributed by atoms with Crippen LogP contribution in [0, 0.1) is 5.92 Å². The Hall–Kier alpha value is -0.740. The van der Waals surface area contributed by atoms with Gasteiger partial charge in [0.2, 0.25) is 0 Å². The second-order valence-corrected chi connectivity index (χ2v) is 5.65. The van der Waals surface area contributed by atoms with Gasteiger partial charge in [-0.05, 0) is 47.3 Å². The molecule has 3 nitrogen and oxygen atoms in total. The standard InChI is InChI=1S/C13H17BrN2O/c14-10-4-5-12(16-8-10)7-13(17)9-2-1-3-11(15)6-9/h4-5,8-9,11H,1-3,6-7,15H2. The Labute approximate surface area is 110 Å². The highest BCUT2D eigenvalue weighted by atomic mass is 79.9. The van der Waals surface area contributed by atoms with Crippen LogP contribution in [0.15, 0.2) is 22.8 Å². The zero-order valence-corrected chi connectivity index (χ0v) is 11.3. The third-order valence-corrected chi connectivity index (χ3v) is 3.78. The minimum Gasteiger partial charge on any atom is -0.328 e. The van der Waals surface area contributed by atoms with Gasteiger partial charge < -0.3 is 5.73 Å². The first kappa shape index (κ1) is 12.7. The minimum atomic E-state index is 0.143. The van der Waals surface area contributed by atoms with Crippen LogP contribution in [0.2, 0.25) is 0 Å². The molecule has 2 N–H and O–H groups in total. The van der Waals surface area contributed by atoms with Gasteiger partial charge in [-0.1, -0.05) is 6.42 Å². The summed E-state index contributed by atoms with van der Waals surface area (Å²) in [6.45, 7) is 0. The number of nitrogens with zero attached hydrogens (tertiary/aromatic N) is 1. The van der Waals surface area contributed by atoms with E-state index in [4.69, 9.17) is 5.73 Å². The van der Waals surface area contributed by atoms with Crippen molar-refractivity contribution in [1.29, 1.82) is 0 Å². The predicted molar refractivity (Wildman–Crippen MR) is 70.6 cm³/mol. The molecular formula is C13H17BrN2O. The lowest BCUT2D eigenvalue weighted by Crippen LogP contribution is -2.32. The molecule has 0 radical (unpaired) electrons. The molecule has 1 saturated carbocycles. The molecule has 0 aliphatic heterocycles. The fourth-order valence-electron chi connectivity index (χ4n) is 2.35. The Kier molecular flexibility index (Phi) is 4.29. The van der Waals surface area contributed by atoms with E-state index in [1.807, 2.05) is 12.1 Å². The van der Waals surface area contributed by atoms with Crippen LogP contribution in [0.1, 0.15) is 31.4 Å². The van der Waals surface area contributed by atoms with Crippen molar-refractivity contribution >= 4 is 21.7 Å². The second-order valence-electron chi connectivity index (χ2n) is 4.73. The van der Waals surface area contributed by atoms with Crippen molar-refractivity contribution in [3.63, 3.8) is 0 Å². The van der Waals surface area contributed by atoms with Crippen molar-refractivity contribution in [1.82, 2.24) is 4.98 Å². The maximum Gasteiger partial charge on any atom is 0.141 e. The van der Waals surface area contributed by atoms with Gasteiger partial charge in [0, 0.05) is 34.7 Å². The highest BCUT2D eigenvalue weighted by Crippen LogP contribution is 2.24. The first-order valence-electron chi connectivity index (χ1n) is 6.04. The van der Waals surface area contributed by atoms with Gasteiger partial charge in [-0.2, -0.15) is 0 Å². The van der Waals surface area contributed by atoms with Gasteiger partial charge in [-0.3, -0.25) is 9.78 Å². The largest absolute Gasteiger partial charge is 0.328 e. The molecule has 1 aromatic rings. The summed E-state index contributed by atoms with van der Waals surface area (Å²) in [6.07, 6.45) is 6.13. The highest BCUT2D eigenvalue weighted by Gasteiger charge is 2.25. The maximum atomic E-state index is 12.1. The molecule has 0 aromatic carbocycles. The molecule has 1 heterocycles. The van der Waals surface area contributed by atoms with Crippen molar-refractivity contribution in [2.75, 3.05) is 0 Å². The van der Waals surface area contributed by atoms with Crippen molar-refractivity contribution in [2.45, 2.75) is 38.1 Å². The molecule has 2 unspecified atom stereocenters. The van der Waals surface area contributed by atoms with E-state index >= 15 is 0 Å². The fourth-order valence-corrected chi connectivity index (χ4v) is 2.59. The number of nitrogens with two attached hydrogens (primary N) is 1. The van der Waals surface area contributed by atoms with E-state index < -0.39 is 0 Å². The fraction of sp³-hybridized carbons (Fsp3) is 0.538. The average Bonchev–Trinajstić information content (AvgIpc) is 2.32. The molecular weight excluding hydrogens is 280 g/mol. The lowest BCUT2D eigenvalue weighted by molar-refractivity contribution is -0.123. The van der Waals surface area contributed by atoms with Crippen LogP contribution >= 0.6 is 15.9 Å². The molecule has 2 atom stereocenters. The summed E-state index contributed by atoms with van der Waals surface area (Å²) >= 11 is 3.33. The maximum absolute atomic E-state index is 12.1. The lowest BCUT2D eigenvalue weighted by Gasteiger charge is -2.25. The topological polar surface area (TPSA) is 56.0 Å². The average molecular weight is 297 g/mol. The van der Waals surface area contributed by atoms with Crippen LogP contribution in [-0.4, -0.2) is 16.8 Å². The molecule has 1 aliphatic carbocycles. The third kappa shape index (κ3) is 3.61. The molecule has 0 bridgehead atoms. The Bertz CT molecular complexity index is 391. The Balaban J connectivity index is 1.94. The predicted octanol–water partition coefficient (Wildman–Crippen LogP) is 2.47. The molecule has 0 spiro atoms. The molecule has 0 amide bonds. The van der Waals surface area contributed by atoms with Crippen molar-refractivity contribution in [3.8, 4) is 0 Å². The first-order chi connectivity index (χ1) is 8.15. The monoisotopic (exact) mass is 296 g/mol. The number of Topliss-reactive ketones (excluding diaryl/α,β-unsaturated/α-hetero) is 1. The molecule has 92 valence electrons. The summed E-state index contributed by atoms with van der Waals surface area (Å²) in [7, 11) is 0. The van der Waals surface area contributed by atoms with Gasteiger partial charge in [0.05, 0.1) is 0 Å². The number of halogens is 1. The van der Waals surface area contributed by atoms with E-state index in [9.17, 15) is 4.79 Å². The zero-order chi connectivity index (χ0) is 12.3. The molecule has 0 saturated heterocycles. The van der Waals surface area contributed by atoms with E-state index in [-0.39, 0.29) is 17.7 Å². The Morgan fingerprint density at radius 2 is 2.29 bits per heavy atom. The second kappa shape index (κ2) is 5.74. The highest BCUT2D eigenvalue weighted by molar-refractivity contribution is 9.10. The van der Waals surface area contributed by atoms with Crippen LogP contribution in [0.25, 0.3) is 0 Å². The lowest BCUT2D eigenvalue weighted by atomic mass is 9.82. The van der Waals surface area contributed by atoms with Gasteiger partial charge in [0.1, 0.15) is 5.78 Å². The van der Waals surface area contributed by atoms with Crippen molar-refractivity contribution in [2.24, 2.45) is 11.7 Å². The number of hydrogen-bond acceptors (Lipinski definition) is 3. The van der Waals surface area contributed by atoms with E-state index in [1.165, 1.54) is 0 Å². The van der Waals surface area contributed by atoms with Gasteiger partial charge in [0.15, 0.2) is 0 Å². The number of carbonyl (C=O) groups is 1. The summed E-state index contributed by atoms with van der Waals surface area (Å²) in [5.74, 6) is 0.430. The van der Waals surface area contributed by atoms with Gasteiger partial charge in [-0.15, -0.1) is 0 Å². The molecule has 4 heteroatoms. The van der Waals surface area contributed by atoms with Crippen molar-refractivity contribution < 1.29 is 4.79 Å². The summed E-state index contributed by atoms with van der Waals surface area (Å²) in [4.78, 5) is 16.3. The van der Waals surface area contributed by atoms with Crippen LogP contribution in [0.3, 0.4) is 0 Å². The van der Waals surface area contributed by atoms with E-state index in [2.05, 4.69) is 20.9 Å². The Morgan fingerprint density at radius 3 is 2.94 bits per heavy atom. The van der Waals surface area contributed by atoms with E-state index in [0.29, 0.717) is 6.42 Å². The van der Waals surface area contributed by atoms with Crippen LogP contribution < -0.4 is 5.73 Å². The molecule has 1 fully saturated rings. The van der Waals surface area contributed by atoms with Crippen LogP contribution in [0.5, 0.6) is 0 Å². The van der Waals surface area contributed by atoms with E-state index in [1.54, 1.807) is 6.20 Å². The number of hydrogen-bond donors (Lipinski definition) is 1. The third-order valence-electron chi connectivity index (χ3n) is 3.31. The van der Waals surface area contributed by atoms with Gasteiger partial charge >= 0.3 is 0 Å². The number of carbonyl (C=O) groups excluding carboxylic acids is 1. The van der Waals surface area contributed by atoms with Gasteiger partial charge in [-0.25, -0.2) is 0 Å². The summed E-state index contributed by atoms with van der Waals surface area (Å²) in [6, 6.07) is 4.02. The summed E-state index contributed by atoms with van der Waals surface area (Å²) in [5.41, 5.74) is 6.75. The number of ketones is 1. The summed E-state index contributed by atoms with van der Waals surface area (Å²) in [5, 5.41) is 0. The Morgan fingerprint density at radius 1 is 1.47 bits per heavy atom. The SMILES string of the molecule is NC1CCCC(C(=O)Cc2ccc(Br)cn2)C1. The first-order valence-corrected chi connectivity index (χ1v) is 6.83. The van der Waals surface area contributed by atoms with Crippen LogP contribution in [-0.2, 0) is 11.2 Å². The molecule has 1 aromatic heterocycles. The molecule has 2 rings (SSSR count). The number of aromatic nitrogens is 1. The molecule has 17 heavy (non-hydrogen) atoms. The van der Waals surface area contributed by atoms with Gasteiger partial charge in [0.25, 0.3) is 0 Å². The molecule has 1 aliphatic rings. The number of pyridine rings is 1.